The van der Waals surface area contributed by atoms with Gasteiger partial charge in [-0.25, -0.2) is 0 Å². The summed E-state index contributed by atoms with van der Waals surface area (Å²) in [5.74, 6) is 0. The normalized spacial score (nSPS) is 11.2. The summed E-state index contributed by atoms with van der Waals surface area (Å²) in [7, 11) is 0. The zero-order valence-corrected chi connectivity index (χ0v) is 27.6. The summed E-state index contributed by atoms with van der Waals surface area (Å²) in [6.45, 7) is 0. The van der Waals surface area contributed by atoms with E-state index in [1.54, 1.807) is 0 Å². The van der Waals surface area contributed by atoms with E-state index in [1.807, 2.05) is 0 Å². The zero-order chi connectivity index (χ0) is 33.3. The summed E-state index contributed by atoms with van der Waals surface area (Å²) >= 11 is 0. The summed E-state index contributed by atoms with van der Waals surface area (Å²) in [6.07, 6.45) is 0. The number of fused-ring (bicyclic) bond motifs is 2. The van der Waals surface area contributed by atoms with Crippen molar-refractivity contribution in [3.8, 4) is 66.8 Å². The van der Waals surface area contributed by atoms with Crippen molar-refractivity contribution < 1.29 is 0 Å². The van der Waals surface area contributed by atoms with Crippen LogP contribution in [0.4, 0.5) is 0 Å². The SMILES string of the molecule is c1ccc(-c2ccc(-c3ccc(-c4ccccc4-c4ccccc4)c(-c4c5ccccc5c(-c5ccccc5)c5ccccc45)c3)cc2)cc1. The molecule has 0 saturated carbocycles. The molecule has 0 spiro atoms. The molecule has 0 unspecified atom stereocenters. The quantitative estimate of drug-likeness (QED) is 0.160. The molecule has 0 heteroatoms. The van der Waals surface area contributed by atoms with Crippen LogP contribution in [0.1, 0.15) is 0 Å². The van der Waals surface area contributed by atoms with Crippen LogP contribution in [0, 0.1) is 0 Å². The molecular formula is C50H34. The molecule has 0 aliphatic rings. The number of rotatable bonds is 6. The first-order valence-electron chi connectivity index (χ1n) is 17.3. The Bertz CT molecular complexity index is 2540. The third kappa shape index (κ3) is 5.28. The third-order valence-corrected chi connectivity index (χ3v) is 9.91. The van der Waals surface area contributed by atoms with Crippen molar-refractivity contribution in [2.45, 2.75) is 0 Å². The minimum atomic E-state index is 1.20. The van der Waals surface area contributed by atoms with Crippen molar-refractivity contribution in [2.75, 3.05) is 0 Å². The minimum Gasteiger partial charge on any atom is -0.0622 e. The topological polar surface area (TPSA) is 0 Å². The van der Waals surface area contributed by atoms with Gasteiger partial charge in [-0.15, -0.1) is 0 Å². The maximum Gasteiger partial charge on any atom is -0.00199 e. The second-order valence-electron chi connectivity index (χ2n) is 12.8. The predicted octanol–water partition coefficient (Wildman–Crippen LogP) is 14.0. The van der Waals surface area contributed by atoms with Crippen molar-refractivity contribution in [2.24, 2.45) is 0 Å². The molecule has 0 amide bonds. The van der Waals surface area contributed by atoms with Crippen LogP contribution in [0.15, 0.2) is 206 Å². The summed E-state index contributed by atoms with van der Waals surface area (Å²) in [4.78, 5) is 0. The molecule has 9 rings (SSSR count). The lowest BCUT2D eigenvalue weighted by atomic mass is 9.82. The van der Waals surface area contributed by atoms with Crippen LogP contribution in [0.3, 0.4) is 0 Å². The molecule has 50 heavy (non-hydrogen) atoms. The van der Waals surface area contributed by atoms with Gasteiger partial charge in [-0.3, -0.25) is 0 Å². The molecule has 0 aliphatic carbocycles. The molecule has 9 aromatic carbocycles. The first kappa shape index (κ1) is 29.6. The van der Waals surface area contributed by atoms with Gasteiger partial charge in [-0.05, 0) is 94.4 Å². The molecule has 0 atom stereocenters. The first-order valence-corrected chi connectivity index (χ1v) is 17.3. The van der Waals surface area contributed by atoms with Gasteiger partial charge in [0, 0.05) is 0 Å². The van der Waals surface area contributed by atoms with Crippen molar-refractivity contribution in [3.63, 3.8) is 0 Å². The number of hydrogen-bond acceptors (Lipinski definition) is 0. The molecule has 9 aromatic rings. The second kappa shape index (κ2) is 12.8. The zero-order valence-electron chi connectivity index (χ0n) is 27.6. The van der Waals surface area contributed by atoms with E-state index in [-0.39, 0.29) is 0 Å². The van der Waals surface area contributed by atoms with Gasteiger partial charge in [0.25, 0.3) is 0 Å². The molecule has 0 radical (unpaired) electrons. The highest BCUT2D eigenvalue weighted by Crippen LogP contribution is 2.48. The van der Waals surface area contributed by atoms with Crippen LogP contribution in [-0.2, 0) is 0 Å². The van der Waals surface area contributed by atoms with Crippen LogP contribution < -0.4 is 0 Å². The average Bonchev–Trinajstić information content (AvgIpc) is 3.21. The Balaban J connectivity index is 1.34. The van der Waals surface area contributed by atoms with E-state index >= 15 is 0 Å². The van der Waals surface area contributed by atoms with Gasteiger partial charge >= 0.3 is 0 Å². The minimum absolute atomic E-state index is 1.20. The number of hydrogen-bond donors (Lipinski definition) is 0. The van der Waals surface area contributed by atoms with Crippen molar-refractivity contribution in [3.05, 3.63) is 206 Å². The largest absolute Gasteiger partial charge is 0.0622 e. The Morgan fingerprint density at radius 3 is 1.10 bits per heavy atom. The lowest BCUT2D eigenvalue weighted by Gasteiger charge is -2.21. The number of benzene rings is 9. The highest BCUT2D eigenvalue weighted by molar-refractivity contribution is 6.22. The Hall–Kier alpha value is -6.50. The molecule has 0 nitrogen and oxygen atoms in total. The van der Waals surface area contributed by atoms with Crippen LogP contribution in [0.2, 0.25) is 0 Å². The lowest BCUT2D eigenvalue weighted by molar-refractivity contribution is 1.56. The molecule has 234 valence electrons. The fourth-order valence-electron chi connectivity index (χ4n) is 7.57. The maximum atomic E-state index is 2.42. The highest BCUT2D eigenvalue weighted by Gasteiger charge is 2.21. The first-order chi connectivity index (χ1) is 24.8. The summed E-state index contributed by atoms with van der Waals surface area (Å²) in [5, 5.41) is 5.01. The summed E-state index contributed by atoms with van der Waals surface area (Å²) < 4.78 is 0. The van der Waals surface area contributed by atoms with Gasteiger partial charge in [0.1, 0.15) is 0 Å². The molecule has 0 heterocycles. The predicted molar refractivity (Wildman–Crippen MR) is 214 cm³/mol. The van der Waals surface area contributed by atoms with Gasteiger partial charge in [0.15, 0.2) is 0 Å². The Labute approximate surface area is 293 Å². The van der Waals surface area contributed by atoms with E-state index in [0.717, 1.165) is 0 Å². The molecule has 0 aliphatic heterocycles. The summed E-state index contributed by atoms with van der Waals surface area (Å²) in [6, 6.07) is 74.9. The Morgan fingerprint density at radius 2 is 0.540 bits per heavy atom. The van der Waals surface area contributed by atoms with Gasteiger partial charge in [0.05, 0.1) is 0 Å². The van der Waals surface area contributed by atoms with E-state index in [2.05, 4.69) is 206 Å². The third-order valence-electron chi connectivity index (χ3n) is 9.91. The van der Waals surface area contributed by atoms with E-state index in [1.165, 1.54) is 88.3 Å². The molecule has 0 fully saturated rings. The highest BCUT2D eigenvalue weighted by atomic mass is 14.2. The van der Waals surface area contributed by atoms with E-state index in [0.29, 0.717) is 0 Å². The van der Waals surface area contributed by atoms with E-state index < -0.39 is 0 Å². The van der Waals surface area contributed by atoms with Crippen LogP contribution in [-0.4, -0.2) is 0 Å². The van der Waals surface area contributed by atoms with E-state index in [4.69, 9.17) is 0 Å². The van der Waals surface area contributed by atoms with Crippen LogP contribution in [0.25, 0.3) is 88.3 Å². The Kier molecular flexibility index (Phi) is 7.61. The van der Waals surface area contributed by atoms with Gasteiger partial charge in [-0.2, -0.15) is 0 Å². The van der Waals surface area contributed by atoms with Crippen molar-refractivity contribution in [1.82, 2.24) is 0 Å². The van der Waals surface area contributed by atoms with Gasteiger partial charge < -0.3 is 0 Å². The molecule has 0 N–H and O–H groups in total. The smallest absolute Gasteiger partial charge is 0.00199 e. The maximum absolute atomic E-state index is 2.42. The monoisotopic (exact) mass is 634 g/mol. The van der Waals surface area contributed by atoms with Gasteiger partial charge in [0.2, 0.25) is 0 Å². The van der Waals surface area contributed by atoms with Crippen molar-refractivity contribution in [1.29, 1.82) is 0 Å². The average molecular weight is 635 g/mol. The summed E-state index contributed by atoms with van der Waals surface area (Å²) in [5.41, 5.74) is 14.7. The Morgan fingerprint density at radius 1 is 0.180 bits per heavy atom. The van der Waals surface area contributed by atoms with Gasteiger partial charge in [-0.1, -0.05) is 200 Å². The molecular weight excluding hydrogens is 601 g/mol. The van der Waals surface area contributed by atoms with Crippen molar-refractivity contribution >= 4 is 21.5 Å². The standard InChI is InChI=1S/C50H34/c1-4-16-35(17-5-1)36-28-30-37(31-29-36)40-32-33-43(42-23-11-10-22-41(42)38-18-6-2-7-19-38)48(34-40)50-46-26-14-12-24-44(46)49(39-20-8-3-9-21-39)45-25-13-15-27-47(45)50/h1-34H. The molecule has 0 aromatic heterocycles. The van der Waals surface area contributed by atoms with Crippen LogP contribution >= 0.6 is 0 Å². The second-order valence-corrected chi connectivity index (χ2v) is 12.8. The fraction of sp³-hybridized carbons (Fsp3) is 0. The van der Waals surface area contributed by atoms with Crippen LogP contribution in [0.5, 0.6) is 0 Å². The van der Waals surface area contributed by atoms with E-state index in [9.17, 15) is 0 Å². The lowest BCUT2D eigenvalue weighted by Crippen LogP contribution is -1.94. The fourth-order valence-corrected chi connectivity index (χ4v) is 7.57. The molecule has 0 bridgehead atoms. The molecule has 0 saturated heterocycles.